The predicted molar refractivity (Wildman–Crippen MR) is 134 cm³/mol. The molecule has 0 saturated carbocycles. The fourth-order valence-electron chi connectivity index (χ4n) is 3.83. The molecule has 2 aliphatic heterocycles. The molecule has 3 heterocycles. The van der Waals surface area contributed by atoms with E-state index < -0.39 is 46.9 Å². The number of carbonyl (C=O) groups excluding carboxylic acids is 4. The molecule has 3 atom stereocenters. The van der Waals surface area contributed by atoms with Gasteiger partial charge in [-0.25, -0.2) is 4.79 Å². The molecule has 1 aromatic carbocycles. The number of benzene rings is 1. The van der Waals surface area contributed by atoms with Crippen LogP contribution in [0.2, 0.25) is 0 Å². The molecule has 1 unspecified atom stereocenters. The van der Waals surface area contributed by atoms with Gasteiger partial charge in [0, 0.05) is 11.5 Å². The number of aromatic hydroxyl groups is 1. The number of ether oxygens (including phenoxy) is 1. The first kappa shape index (κ1) is 30.8. The van der Waals surface area contributed by atoms with Crippen LogP contribution in [-0.2, 0) is 19.1 Å². The fraction of sp³-hybridized carbons (Fsp3) is 0.391. The third-order valence-electron chi connectivity index (χ3n) is 5.48. The first-order valence-corrected chi connectivity index (χ1v) is 13.4. The normalized spacial score (nSPS) is 19.3. The van der Waals surface area contributed by atoms with Crippen LogP contribution in [0.15, 0.2) is 46.8 Å². The number of nitrogens with zero attached hydrogens (tertiary/aromatic N) is 3. The molecule has 1 aromatic heterocycles. The van der Waals surface area contributed by atoms with Crippen LogP contribution in [-0.4, -0.2) is 77.8 Å². The van der Waals surface area contributed by atoms with Gasteiger partial charge in [0.1, 0.15) is 33.8 Å². The van der Waals surface area contributed by atoms with Gasteiger partial charge in [0.15, 0.2) is 0 Å². The van der Waals surface area contributed by atoms with E-state index in [0.717, 1.165) is 4.90 Å². The number of hydrogen-bond acceptors (Lipinski definition) is 11. The van der Waals surface area contributed by atoms with Gasteiger partial charge in [-0.3, -0.25) is 19.6 Å². The minimum absolute atomic E-state index is 0. The number of thioether (sulfide) groups is 2. The number of phenols is 1. The van der Waals surface area contributed by atoms with Gasteiger partial charge in [-0.15, -0.1) is 28.6 Å². The van der Waals surface area contributed by atoms with Crippen LogP contribution in [0.3, 0.4) is 0 Å². The number of aromatic amines is 1. The zero-order valence-corrected chi connectivity index (χ0v) is 25.2. The molecule has 1 saturated heterocycles. The molecular formula is C23H25N6NaO7S2. The first-order valence-electron chi connectivity index (χ1n) is 11.4. The zero-order chi connectivity index (χ0) is 27.6. The Morgan fingerprint density at radius 2 is 2.00 bits per heavy atom. The largest absolute Gasteiger partial charge is 1.00 e. The number of carbonyl (C=O) groups is 4. The second-order valence-electron chi connectivity index (χ2n) is 9.42. The molecule has 1 fully saturated rings. The molecule has 0 radical (unpaired) electrons. The van der Waals surface area contributed by atoms with Gasteiger partial charge in [0.05, 0.1) is 17.9 Å². The van der Waals surface area contributed by atoms with Crippen LogP contribution in [0.25, 0.3) is 0 Å². The van der Waals surface area contributed by atoms with Gasteiger partial charge in [0.25, 0.3) is 5.91 Å². The molecule has 4 rings (SSSR count). The Morgan fingerprint density at radius 3 is 2.59 bits per heavy atom. The summed E-state index contributed by atoms with van der Waals surface area (Å²) in [5.41, 5.74) is -0.196. The average Bonchev–Trinajstić information content (AvgIpc) is 3.37. The third-order valence-corrected chi connectivity index (χ3v) is 7.82. The number of H-pyrrole nitrogens is 1. The number of aromatic nitrogens is 3. The molecule has 13 nitrogen and oxygen atoms in total. The maximum atomic E-state index is 13.3. The molecule has 0 aliphatic carbocycles. The second-order valence-corrected chi connectivity index (χ2v) is 11.5. The Labute approximate surface area is 254 Å². The summed E-state index contributed by atoms with van der Waals surface area (Å²) in [6, 6.07) is 3.36. The Hall–Kier alpha value is -2.72. The molecule has 2 aliphatic rings. The summed E-state index contributed by atoms with van der Waals surface area (Å²) in [6.45, 7) is 5.02. The van der Waals surface area contributed by atoms with Crippen LogP contribution in [0.5, 0.6) is 5.75 Å². The van der Waals surface area contributed by atoms with Gasteiger partial charge >= 0.3 is 35.7 Å². The van der Waals surface area contributed by atoms with Crippen molar-refractivity contribution in [3.8, 4) is 5.75 Å². The molecule has 16 heteroatoms. The van der Waals surface area contributed by atoms with E-state index in [1.807, 2.05) is 0 Å². The molecule has 3 amide bonds. The minimum Gasteiger partial charge on any atom is -0.543 e. The summed E-state index contributed by atoms with van der Waals surface area (Å²) >= 11 is 2.59. The number of fused-ring (bicyclic) bond motifs is 1. The van der Waals surface area contributed by atoms with E-state index in [1.165, 1.54) is 54.0 Å². The zero-order valence-electron chi connectivity index (χ0n) is 21.6. The van der Waals surface area contributed by atoms with Gasteiger partial charge in [0.2, 0.25) is 5.91 Å². The van der Waals surface area contributed by atoms with E-state index in [4.69, 9.17) is 4.74 Å². The van der Waals surface area contributed by atoms with Crippen LogP contribution < -0.4 is 45.3 Å². The van der Waals surface area contributed by atoms with Crippen molar-refractivity contribution in [2.75, 3.05) is 11.5 Å². The maximum absolute atomic E-state index is 13.3. The van der Waals surface area contributed by atoms with Crippen molar-refractivity contribution >= 4 is 47.4 Å². The van der Waals surface area contributed by atoms with E-state index in [1.54, 1.807) is 20.8 Å². The Kier molecular flexibility index (Phi) is 9.98. The van der Waals surface area contributed by atoms with Gasteiger partial charge in [-0.2, -0.15) is 0 Å². The standard InChI is InChI=1S/C23H26N6O7S2.Na/c1-23(2,3)36-22(35)26-15(11-4-6-13(30)7-5-11)18(31)25-16-19(32)29-17(21(33)34)12(10-38-20(16)29)9-37-14-8-24-28-27-14;/h4-8,15-16,20,30H,9-10H2,1-3H3,(H,25,31)(H,26,35)(H,33,34)(H,24,27,28);/q;+1/p-1/t15?,16-,20+;/m1./s1. The van der Waals surface area contributed by atoms with Crippen LogP contribution in [0.4, 0.5) is 4.79 Å². The number of carboxylic acid groups (broad SMARTS) is 1. The summed E-state index contributed by atoms with van der Waals surface area (Å²) in [5.74, 6) is -2.25. The number of carboxylic acids is 1. The molecular weight excluding hydrogens is 559 g/mol. The number of rotatable bonds is 8. The summed E-state index contributed by atoms with van der Waals surface area (Å²) in [6.07, 6.45) is 0.648. The van der Waals surface area contributed by atoms with Crippen molar-refractivity contribution < 1.29 is 63.7 Å². The van der Waals surface area contributed by atoms with Crippen molar-refractivity contribution in [2.45, 2.75) is 48.9 Å². The van der Waals surface area contributed by atoms with Gasteiger partial charge < -0.3 is 30.4 Å². The number of alkyl carbamates (subject to hydrolysis) is 1. The number of phenolic OH excluding ortho intramolecular Hbond substituents is 1. The molecule has 39 heavy (non-hydrogen) atoms. The Balaban J connectivity index is 0.00000420. The second kappa shape index (κ2) is 12.6. The van der Waals surface area contributed by atoms with Crippen LogP contribution in [0, 0.1) is 0 Å². The molecule has 0 spiro atoms. The summed E-state index contributed by atoms with van der Waals surface area (Å²) in [4.78, 5) is 51.8. The van der Waals surface area contributed by atoms with E-state index in [2.05, 4.69) is 26.0 Å². The van der Waals surface area contributed by atoms with Gasteiger partial charge in [-0.05, 0) is 44.0 Å². The topological polar surface area (TPSA) is 190 Å². The van der Waals surface area contributed by atoms with Crippen molar-refractivity contribution in [1.82, 2.24) is 30.9 Å². The number of nitrogens with one attached hydrogen (secondary N) is 3. The van der Waals surface area contributed by atoms with E-state index in [0.29, 0.717) is 21.9 Å². The Bertz CT molecular complexity index is 1270. The Morgan fingerprint density at radius 1 is 1.31 bits per heavy atom. The minimum atomic E-state index is -1.49. The number of aliphatic carboxylic acids is 1. The van der Waals surface area contributed by atoms with Crippen molar-refractivity contribution in [3.05, 3.63) is 47.3 Å². The number of amides is 3. The smallest absolute Gasteiger partial charge is 0.543 e. The average molecular weight is 585 g/mol. The summed E-state index contributed by atoms with van der Waals surface area (Å²) in [5, 5.41) is 36.6. The quantitative estimate of drug-likeness (QED) is 0.143. The van der Waals surface area contributed by atoms with E-state index in [-0.39, 0.29) is 46.8 Å². The molecule has 2 aromatic rings. The van der Waals surface area contributed by atoms with E-state index in [9.17, 15) is 29.4 Å². The SMILES string of the molecule is CC(C)(C)OC(=O)NC(C(=O)N[C@@H]1C(=O)N2C(C(=O)[O-])=C(CSc3cnn[nH]3)CS[C@@H]12)c1ccc(O)cc1.[Na+]. The number of β-lactam (4-membered cyclic amide) rings is 1. The van der Waals surface area contributed by atoms with Crippen LogP contribution >= 0.6 is 23.5 Å². The molecule has 4 N–H and O–H groups in total. The first-order chi connectivity index (χ1) is 17.9. The fourth-order valence-corrected chi connectivity index (χ4v) is 6.11. The van der Waals surface area contributed by atoms with Crippen molar-refractivity contribution in [3.63, 3.8) is 0 Å². The third kappa shape index (κ3) is 7.28. The van der Waals surface area contributed by atoms with Crippen LogP contribution in [0.1, 0.15) is 32.4 Å². The number of hydrogen-bond donors (Lipinski definition) is 4. The van der Waals surface area contributed by atoms with Crippen molar-refractivity contribution in [2.24, 2.45) is 0 Å². The van der Waals surface area contributed by atoms with Gasteiger partial charge in [-0.1, -0.05) is 17.3 Å². The summed E-state index contributed by atoms with van der Waals surface area (Å²) < 4.78 is 5.27. The monoisotopic (exact) mass is 584 g/mol. The summed E-state index contributed by atoms with van der Waals surface area (Å²) in [7, 11) is 0. The van der Waals surface area contributed by atoms with Crippen molar-refractivity contribution in [1.29, 1.82) is 0 Å². The molecule has 202 valence electrons. The maximum Gasteiger partial charge on any atom is 1.00 e. The predicted octanol–water partition coefficient (Wildman–Crippen LogP) is -2.72. The molecule has 0 bridgehead atoms. The van der Waals surface area contributed by atoms with E-state index >= 15 is 0 Å².